The molecule has 0 aliphatic rings. The van der Waals surface area contributed by atoms with Gasteiger partial charge in [-0.3, -0.25) is 4.79 Å². The summed E-state index contributed by atoms with van der Waals surface area (Å²) in [5, 5.41) is 0. The second-order valence-electron chi connectivity index (χ2n) is 5.71. The molecule has 1 aromatic rings. The predicted molar refractivity (Wildman–Crippen MR) is 74.7 cm³/mol. The van der Waals surface area contributed by atoms with Crippen molar-refractivity contribution in [3.8, 4) is 0 Å². The number of hydrogen-bond acceptors (Lipinski definition) is 2. The van der Waals surface area contributed by atoms with Crippen LogP contribution >= 0.6 is 0 Å². The zero-order valence-corrected chi connectivity index (χ0v) is 12.2. The molecule has 1 aromatic carbocycles. The third kappa shape index (κ3) is 4.91. The molecule has 2 nitrogen and oxygen atoms in total. The second-order valence-corrected chi connectivity index (χ2v) is 5.71. The summed E-state index contributed by atoms with van der Waals surface area (Å²) >= 11 is 0. The fourth-order valence-corrected chi connectivity index (χ4v) is 1.96. The molecule has 0 heterocycles. The van der Waals surface area contributed by atoms with Gasteiger partial charge in [-0.2, -0.15) is 0 Å². The van der Waals surface area contributed by atoms with Gasteiger partial charge in [0.15, 0.2) is 0 Å². The van der Waals surface area contributed by atoms with Gasteiger partial charge in [0.25, 0.3) is 0 Å². The average molecular weight is 248 g/mol. The highest BCUT2D eigenvalue weighted by atomic mass is 16.6. The van der Waals surface area contributed by atoms with E-state index in [-0.39, 0.29) is 5.97 Å². The van der Waals surface area contributed by atoms with E-state index >= 15 is 0 Å². The molecule has 0 spiro atoms. The summed E-state index contributed by atoms with van der Waals surface area (Å²) in [6, 6.07) is 6.42. The van der Waals surface area contributed by atoms with Gasteiger partial charge < -0.3 is 4.74 Å². The average Bonchev–Trinajstić information content (AvgIpc) is 2.24. The van der Waals surface area contributed by atoms with E-state index in [9.17, 15) is 4.79 Å². The molecular weight excluding hydrogens is 224 g/mol. The lowest BCUT2D eigenvalue weighted by atomic mass is 9.99. The lowest BCUT2D eigenvalue weighted by molar-refractivity contribution is -0.154. The Kier molecular flexibility index (Phi) is 4.94. The molecule has 0 aliphatic carbocycles. The Hall–Kier alpha value is -1.31. The van der Waals surface area contributed by atoms with Crippen molar-refractivity contribution in [2.24, 2.45) is 0 Å². The number of esters is 1. The van der Waals surface area contributed by atoms with Crippen molar-refractivity contribution in [2.75, 3.05) is 0 Å². The van der Waals surface area contributed by atoms with Crippen LogP contribution in [0.1, 0.15) is 50.8 Å². The molecule has 18 heavy (non-hydrogen) atoms. The molecule has 0 fully saturated rings. The summed E-state index contributed by atoms with van der Waals surface area (Å²) in [5.41, 5.74) is 3.47. The van der Waals surface area contributed by atoms with Crippen LogP contribution in [0.3, 0.4) is 0 Å². The highest BCUT2D eigenvalue weighted by Crippen LogP contribution is 2.16. The summed E-state index contributed by atoms with van der Waals surface area (Å²) in [6.07, 6.45) is 2.22. The first-order valence-electron chi connectivity index (χ1n) is 6.62. The number of aryl methyl sites for hydroxylation is 3. The Bertz CT molecular complexity index is 414. The van der Waals surface area contributed by atoms with E-state index in [2.05, 4.69) is 32.0 Å². The first kappa shape index (κ1) is 14.7. The van der Waals surface area contributed by atoms with Crippen LogP contribution in [-0.2, 0) is 22.4 Å². The predicted octanol–water partition coefficient (Wildman–Crippen LogP) is 3.83. The minimum Gasteiger partial charge on any atom is -0.460 e. The summed E-state index contributed by atoms with van der Waals surface area (Å²) in [4.78, 5) is 11.7. The van der Waals surface area contributed by atoms with Crippen molar-refractivity contribution < 1.29 is 9.53 Å². The zero-order chi connectivity index (χ0) is 13.8. The standard InChI is InChI=1S/C16H24O2/c1-6-13-11-12(2)7-8-14(13)9-10-15(17)18-16(3,4)5/h7-8,11H,6,9-10H2,1-5H3. The SMILES string of the molecule is CCc1cc(C)ccc1CCC(=O)OC(C)(C)C. The van der Waals surface area contributed by atoms with Gasteiger partial charge in [0.05, 0.1) is 0 Å². The zero-order valence-electron chi connectivity index (χ0n) is 12.2. The van der Waals surface area contributed by atoms with Gasteiger partial charge in [-0.05, 0) is 51.7 Å². The lowest BCUT2D eigenvalue weighted by Crippen LogP contribution is -2.24. The van der Waals surface area contributed by atoms with Crippen LogP contribution in [-0.4, -0.2) is 11.6 Å². The van der Waals surface area contributed by atoms with Crippen LogP contribution in [0.4, 0.5) is 0 Å². The molecule has 100 valence electrons. The van der Waals surface area contributed by atoms with Crippen LogP contribution in [0.5, 0.6) is 0 Å². The van der Waals surface area contributed by atoms with E-state index in [0.717, 1.165) is 12.8 Å². The third-order valence-electron chi connectivity index (χ3n) is 2.76. The van der Waals surface area contributed by atoms with Gasteiger partial charge >= 0.3 is 5.97 Å². The molecule has 0 aliphatic heterocycles. The molecule has 0 radical (unpaired) electrons. The smallest absolute Gasteiger partial charge is 0.306 e. The highest BCUT2D eigenvalue weighted by molar-refractivity contribution is 5.70. The van der Waals surface area contributed by atoms with Crippen LogP contribution in [0.25, 0.3) is 0 Å². The maximum atomic E-state index is 11.7. The first-order valence-corrected chi connectivity index (χ1v) is 6.62. The van der Waals surface area contributed by atoms with Gasteiger partial charge in [-0.25, -0.2) is 0 Å². The second kappa shape index (κ2) is 6.03. The number of ether oxygens (including phenoxy) is 1. The molecule has 0 saturated heterocycles. The fourth-order valence-electron chi connectivity index (χ4n) is 1.96. The normalized spacial score (nSPS) is 11.4. The fraction of sp³-hybridized carbons (Fsp3) is 0.562. The Morgan fingerprint density at radius 2 is 1.89 bits per heavy atom. The number of rotatable bonds is 4. The van der Waals surface area contributed by atoms with Crippen molar-refractivity contribution in [3.63, 3.8) is 0 Å². The van der Waals surface area contributed by atoms with Gasteiger partial charge in [0, 0.05) is 6.42 Å². The van der Waals surface area contributed by atoms with Gasteiger partial charge in [-0.15, -0.1) is 0 Å². The lowest BCUT2D eigenvalue weighted by Gasteiger charge is -2.19. The molecule has 0 aromatic heterocycles. The van der Waals surface area contributed by atoms with E-state index in [0.29, 0.717) is 6.42 Å². The monoisotopic (exact) mass is 248 g/mol. The molecule has 0 unspecified atom stereocenters. The third-order valence-corrected chi connectivity index (χ3v) is 2.76. The Morgan fingerprint density at radius 3 is 2.44 bits per heavy atom. The van der Waals surface area contributed by atoms with Crippen molar-refractivity contribution in [1.29, 1.82) is 0 Å². The van der Waals surface area contributed by atoms with Crippen LogP contribution in [0.2, 0.25) is 0 Å². The summed E-state index contributed by atoms with van der Waals surface area (Å²) in [7, 11) is 0. The topological polar surface area (TPSA) is 26.3 Å². The number of hydrogen-bond donors (Lipinski definition) is 0. The number of carbonyl (C=O) groups excluding carboxylic acids is 1. The minimum atomic E-state index is -0.391. The quantitative estimate of drug-likeness (QED) is 0.757. The maximum absolute atomic E-state index is 11.7. The van der Waals surface area contributed by atoms with Crippen molar-refractivity contribution in [3.05, 3.63) is 34.9 Å². The highest BCUT2D eigenvalue weighted by Gasteiger charge is 2.16. The molecule has 2 heteroatoms. The summed E-state index contributed by atoms with van der Waals surface area (Å²) < 4.78 is 5.32. The molecule has 0 N–H and O–H groups in total. The van der Waals surface area contributed by atoms with E-state index in [4.69, 9.17) is 4.74 Å². The van der Waals surface area contributed by atoms with Gasteiger partial charge in [0.2, 0.25) is 0 Å². The van der Waals surface area contributed by atoms with E-state index in [1.807, 2.05) is 20.8 Å². The number of carbonyl (C=O) groups is 1. The van der Waals surface area contributed by atoms with Crippen molar-refractivity contribution in [2.45, 2.75) is 59.5 Å². The number of benzene rings is 1. The van der Waals surface area contributed by atoms with Gasteiger partial charge in [0.1, 0.15) is 5.60 Å². The Morgan fingerprint density at radius 1 is 1.22 bits per heavy atom. The first-order chi connectivity index (χ1) is 8.31. The van der Waals surface area contributed by atoms with Crippen LogP contribution < -0.4 is 0 Å². The van der Waals surface area contributed by atoms with E-state index < -0.39 is 5.60 Å². The maximum Gasteiger partial charge on any atom is 0.306 e. The van der Waals surface area contributed by atoms with Gasteiger partial charge in [-0.1, -0.05) is 30.7 Å². The Labute approximate surface area is 110 Å². The molecule has 0 amide bonds. The molecule has 0 bridgehead atoms. The molecule has 0 atom stereocenters. The van der Waals surface area contributed by atoms with E-state index in [1.54, 1.807) is 0 Å². The van der Waals surface area contributed by atoms with Crippen molar-refractivity contribution >= 4 is 5.97 Å². The van der Waals surface area contributed by atoms with E-state index in [1.165, 1.54) is 16.7 Å². The molecule has 1 rings (SSSR count). The molecular formula is C16H24O2. The Balaban J connectivity index is 2.61. The summed E-state index contributed by atoms with van der Waals surface area (Å²) in [6.45, 7) is 9.93. The van der Waals surface area contributed by atoms with Crippen molar-refractivity contribution in [1.82, 2.24) is 0 Å². The van der Waals surface area contributed by atoms with Crippen LogP contribution in [0.15, 0.2) is 18.2 Å². The molecule has 0 saturated carbocycles. The minimum absolute atomic E-state index is 0.120. The largest absolute Gasteiger partial charge is 0.460 e. The van der Waals surface area contributed by atoms with Crippen LogP contribution in [0, 0.1) is 6.92 Å². The summed E-state index contributed by atoms with van der Waals surface area (Å²) in [5.74, 6) is -0.120.